The van der Waals surface area contributed by atoms with Gasteiger partial charge < -0.3 is 20.5 Å². The monoisotopic (exact) mass is 418 g/mol. The molecule has 1 amide bonds. The van der Waals surface area contributed by atoms with Crippen LogP contribution in [0.25, 0.3) is 11.1 Å². The lowest BCUT2D eigenvalue weighted by molar-refractivity contribution is -0.118. The Hall–Kier alpha value is -3.38. The van der Waals surface area contributed by atoms with Gasteiger partial charge in [-0.05, 0) is 77.9 Å². The molecule has 0 unspecified atom stereocenters. The van der Waals surface area contributed by atoms with E-state index < -0.39 is 11.2 Å². The van der Waals surface area contributed by atoms with Gasteiger partial charge in [0.05, 0.1) is 11.1 Å². The minimum atomic E-state index is -0.669. The molecule has 1 fully saturated rings. The van der Waals surface area contributed by atoms with Crippen LogP contribution in [0, 0.1) is 12.7 Å². The first-order valence-corrected chi connectivity index (χ1v) is 10.3. The molecule has 3 N–H and O–H groups in total. The van der Waals surface area contributed by atoms with E-state index in [1.165, 1.54) is 6.07 Å². The van der Waals surface area contributed by atoms with Gasteiger partial charge in [-0.1, -0.05) is 24.3 Å². The summed E-state index contributed by atoms with van der Waals surface area (Å²) in [6.07, 6.45) is 1.41. The Kier molecular flexibility index (Phi) is 4.67. The number of rotatable bonds is 5. The molecule has 1 aliphatic heterocycles. The van der Waals surface area contributed by atoms with E-state index >= 15 is 0 Å². The van der Waals surface area contributed by atoms with Gasteiger partial charge in [-0.15, -0.1) is 0 Å². The number of carbonyl (C=O) groups is 1. The van der Waals surface area contributed by atoms with Crippen LogP contribution in [0.1, 0.15) is 29.5 Å². The molecule has 1 aliphatic carbocycles. The van der Waals surface area contributed by atoms with Gasteiger partial charge in [0.1, 0.15) is 5.82 Å². The van der Waals surface area contributed by atoms with E-state index in [4.69, 9.17) is 15.2 Å². The van der Waals surface area contributed by atoms with Crippen LogP contribution in [-0.2, 0) is 16.8 Å². The van der Waals surface area contributed by atoms with Gasteiger partial charge in [0, 0.05) is 6.54 Å². The fourth-order valence-corrected chi connectivity index (χ4v) is 4.15. The highest BCUT2D eigenvalue weighted by molar-refractivity contribution is 6.02. The molecule has 0 aromatic heterocycles. The highest BCUT2D eigenvalue weighted by atomic mass is 19.1. The Morgan fingerprint density at radius 3 is 2.68 bits per heavy atom. The quantitative estimate of drug-likeness (QED) is 0.632. The van der Waals surface area contributed by atoms with Gasteiger partial charge in [-0.25, -0.2) is 4.39 Å². The van der Waals surface area contributed by atoms with Crippen molar-refractivity contribution in [2.75, 3.05) is 12.1 Å². The van der Waals surface area contributed by atoms with Crippen molar-refractivity contribution in [2.24, 2.45) is 5.73 Å². The SMILES string of the molecule is Cc1cc(F)c(NC(=O)C2(c3ccc4c(c3)OCO4)CC2)cc1-c1cccc(CN)c1. The molecule has 5 rings (SSSR count). The van der Waals surface area contributed by atoms with E-state index in [2.05, 4.69) is 5.32 Å². The van der Waals surface area contributed by atoms with Crippen molar-refractivity contribution in [3.05, 3.63) is 77.1 Å². The van der Waals surface area contributed by atoms with Crippen molar-refractivity contribution in [3.8, 4) is 22.6 Å². The van der Waals surface area contributed by atoms with Crippen LogP contribution in [0.3, 0.4) is 0 Å². The summed E-state index contributed by atoms with van der Waals surface area (Å²) in [6, 6.07) is 16.5. The third-order valence-electron chi connectivity index (χ3n) is 6.15. The Balaban J connectivity index is 1.45. The number of nitrogens with two attached hydrogens (primary N) is 1. The van der Waals surface area contributed by atoms with Gasteiger partial charge in [-0.3, -0.25) is 4.79 Å². The molecular formula is C25H23FN2O3. The summed E-state index contributed by atoms with van der Waals surface area (Å²) in [5.41, 5.74) is 9.72. The Labute approximate surface area is 180 Å². The van der Waals surface area contributed by atoms with Gasteiger partial charge in [0.15, 0.2) is 11.5 Å². The lowest BCUT2D eigenvalue weighted by atomic mass is 9.94. The van der Waals surface area contributed by atoms with Crippen LogP contribution in [0.5, 0.6) is 11.5 Å². The van der Waals surface area contributed by atoms with Crippen molar-refractivity contribution in [1.82, 2.24) is 0 Å². The molecule has 1 saturated carbocycles. The second kappa shape index (κ2) is 7.39. The number of amides is 1. The van der Waals surface area contributed by atoms with E-state index in [-0.39, 0.29) is 18.4 Å². The van der Waals surface area contributed by atoms with E-state index in [0.717, 1.165) is 27.8 Å². The molecular weight excluding hydrogens is 395 g/mol. The van der Waals surface area contributed by atoms with E-state index in [9.17, 15) is 9.18 Å². The molecule has 0 radical (unpaired) electrons. The number of anilines is 1. The molecule has 2 aliphatic rings. The molecule has 0 saturated heterocycles. The normalized spacial score (nSPS) is 15.6. The third-order valence-corrected chi connectivity index (χ3v) is 6.15. The maximum absolute atomic E-state index is 14.8. The van der Waals surface area contributed by atoms with Crippen LogP contribution in [0.15, 0.2) is 54.6 Å². The van der Waals surface area contributed by atoms with Crippen LogP contribution >= 0.6 is 0 Å². The van der Waals surface area contributed by atoms with Crippen molar-refractivity contribution in [1.29, 1.82) is 0 Å². The second-order valence-corrected chi connectivity index (χ2v) is 8.16. The van der Waals surface area contributed by atoms with E-state index in [0.29, 0.717) is 30.9 Å². The third kappa shape index (κ3) is 3.43. The molecule has 1 heterocycles. The van der Waals surface area contributed by atoms with Gasteiger partial charge in [0.2, 0.25) is 12.7 Å². The van der Waals surface area contributed by atoms with Gasteiger partial charge in [-0.2, -0.15) is 0 Å². The number of benzene rings is 3. The number of halogens is 1. The number of aryl methyl sites for hydroxylation is 1. The Bertz CT molecular complexity index is 1190. The molecule has 0 bridgehead atoms. The van der Waals surface area contributed by atoms with E-state index in [1.54, 1.807) is 6.07 Å². The smallest absolute Gasteiger partial charge is 0.235 e. The largest absolute Gasteiger partial charge is 0.454 e. The Morgan fingerprint density at radius 1 is 1.10 bits per heavy atom. The maximum Gasteiger partial charge on any atom is 0.235 e. The average molecular weight is 418 g/mol. The molecule has 6 heteroatoms. The molecule has 3 aromatic carbocycles. The zero-order valence-electron chi connectivity index (χ0n) is 17.2. The minimum Gasteiger partial charge on any atom is -0.454 e. The molecule has 5 nitrogen and oxygen atoms in total. The number of hydrogen-bond donors (Lipinski definition) is 2. The molecule has 3 aromatic rings. The molecule has 0 atom stereocenters. The average Bonchev–Trinajstić information content (AvgIpc) is 3.46. The highest BCUT2D eigenvalue weighted by Crippen LogP contribution is 2.51. The maximum atomic E-state index is 14.8. The zero-order chi connectivity index (χ0) is 21.6. The first kappa shape index (κ1) is 19.6. The van der Waals surface area contributed by atoms with Gasteiger partial charge in [0.25, 0.3) is 0 Å². The van der Waals surface area contributed by atoms with Crippen molar-refractivity contribution < 1.29 is 18.7 Å². The molecule has 158 valence electrons. The Morgan fingerprint density at radius 2 is 1.90 bits per heavy atom. The van der Waals surface area contributed by atoms with E-state index in [1.807, 2.05) is 49.4 Å². The summed E-state index contributed by atoms with van der Waals surface area (Å²) in [5, 5.41) is 2.83. The summed E-state index contributed by atoms with van der Waals surface area (Å²) < 4.78 is 25.6. The lowest BCUT2D eigenvalue weighted by Crippen LogP contribution is -2.28. The standard InChI is InChI=1S/C25H23FN2O3/c1-15-9-20(26)21(12-19(15)17-4-2-3-16(10-17)13-27)28-24(29)25(7-8-25)18-5-6-22-23(11-18)31-14-30-22/h2-6,9-12H,7-8,13-14,27H2,1H3,(H,28,29). The lowest BCUT2D eigenvalue weighted by Gasteiger charge is -2.18. The predicted molar refractivity (Wildman–Crippen MR) is 117 cm³/mol. The first-order valence-electron chi connectivity index (χ1n) is 10.3. The minimum absolute atomic E-state index is 0.177. The number of ether oxygens (including phenoxy) is 2. The van der Waals surface area contributed by atoms with Crippen LogP contribution in [0.4, 0.5) is 10.1 Å². The summed E-state index contributed by atoms with van der Waals surface area (Å²) in [4.78, 5) is 13.2. The highest BCUT2D eigenvalue weighted by Gasteiger charge is 2.51. The fourth-order valence-electron chi connectivity index (χ4n) is 4.15. The number of fused-ring (bicyclic) bond motifs is 1. The van der Waals surface area contributed by atoms with Crippen LogP contribution in [0.2, 0.25) is 0 Å². The van der Waals surface area contributed by atoms with Crippen molar-refractivity contribution in [3.63, 3.8) is 0 Å². The summed E-state index contributed by atoms with van der Waals surface area (Å²) in [5.74, 6) is 0.649. The number of carbonyl (C=O) groups excluding carboxylic acids is 1. The summed E-state index contributed by atoms with van der Waals surface area (Å²) in [6.45, 7) is 2.46. The predicted octanol–water partition coefficient (Wildman–Crippen LogP) is 4.66. The zero-order valence-corrected chi connectivity index (χ0v) is 17.2. The van der Waals surface area contributed by atoms with Crippen LogP contribution in [-0.4, -0.2) is 12.7 Å². The summed E-state index contributed by atoms with van der Waals surface area (Å²) in [7, 11) is 0. The number of nitrogens with one attached hydrogen (secondary N) is 1. The molecule has 31 heavy (non-hydrogen) atoms. The number of hydrogen-bond acceptors (Lipinski definition) is 4. The fraction of sp³-hybridized carbons (Fsp3) is 0.240. The first-order chi connectivity index (χ1) is 15.0. The van der Waals surface area contributed by atoms with Crippen molar-refractivity contribution >= 4 is 11.6 Å². The topological polar surface area (TPSA) is 73.6 Å². The second-order valence-electron chi connectivity index (χ2n) is 8.16. The summed E-state index contributed by atoms with van der Waals surface area (Å²) >= 11 is 0. The van der Waals surface area contributed by atoms with Crippen LogP contribution < -0.4 is 20.5 Å². The van der Waals surface area contributed by atoms with Crippen molar-refractivity contribution in [2.45, 2.75) is 31.7 Å². The molecule has 0 spiro atoms. The van der Waals surface area contributed by atoms with Gasteiger partial charge >= 0.3 is 0 Å².